The number of aryl methyl sites for hydroxylation is 1. The fourth-order valence-corrected chi connectivity index (χ4v) is 2.91. The summed E-state index contributed by atoms with van der Waals surface area (Å²) in [4.78, 5) is 28.2. The highest BCUT2D eigenvalue weighted by Crippen LogP contribution is 2.17. The number of benzene rings is 1. The Labute approximate surface area is 148 Å². The van der Waals surface area contributed by atoms with E-state index in [4.69, 9.17) is 4.42 Å². The van der Waals surface area contributed by atoms with Gasteiger partial charge < -0.3 is 9.73 Å². The quantitative estimate of drug-likeness (QED) is 0.681. The van der Waals surface area contributed by atoms with Gasteiger partial charge in [-0.3, -0.25) is 14.9 Å². The molecule has 0 aliphatic carbocycles. The first-order valence-electron chi connectivity index (χ1n) is 7.80. The summed E-state index contributed by atoms with van der Waals surface area (Å²) in [5.74, 6) is 0.449. The molecule has 0 saturated heterocycles. The van der Waals surface area contributed by atoms with Crippen LogP contribution in [0.5, 0.6) is 0 Å². The predicted molar refractivity (Wildman–Crippen MR) is 95.4 cm³/mol. The van der Waals surface area contributed by atoms with Crippen molar-refractivity contribution in [3.8, 4) is 0 Å². The summed E-state index contributed by atoms with van der Waals surface area (Å²) in [5.41, 5.74) is 1.36. The van der Waals surface area contributed by atoms with Crippen molar-refractivity contribution in [1.82, 2.24) is 10.3 Å². The molecule has 2 amide bonds. The molecule has 0 unspecified atom stereocenters. The average Bonchev–Trinajstić information content (AvgIpc) is 3.31. The van der Waals surface area contributed by atoms with E-state index in [2.05, 4.69) is 15.6 Å². The van der Waals surface area contributed by atoms with E-state index in [0.29, 0.717) is 35.8 Å². The van der Waals surface area contributed by atoms with Crippen LogP contribution in [-0.4, -0.2) is 16.8 Å². The lowest BCUT2D eigenvalue weighted by Gasteiger charge is -2.02. The highest BCUT2D eigenvalue weighted by Gasteiger charge is 2.10. The maximum atomic E-state index is 12.1. The molecule has 1 aromatic carbocycles. The first-order valence-corrected chi connectivity index (χ1v) is 8.68. The van der Waals surface area contributed by atoms with Crippen LogP contribution in [0.1, 0.15) is 28.2 Å². The van der Waals surface area contributed by atoms with Gasteiger partial charge in [0.15, 0.2) is 5.13 Å². The monoisotopic (exact) mass is 355 g/mol. The fourth-order valence-electron chi connectivity index (χ4n) is 2.17. The second-order valence-corrected chi connectivity index (χ2v) is 6.18. The second kappa shape index (κ2) is 8.25. The van der Waals surface area contributed by atoms with Gasteiger partial charge in [0, 0.05) is 17.4 Å². The van der Waals surface area contributed by atoms with Gasteiger partial charge in [-0.1, -0.05) is 18.2 Å². The van der Waals surface area contributed by atoms with Gasteiger partial charge in [-0.25, -0.2) is 4.98 Å². The molecule has 2 N–H and O–H groups in total. The zero-order valence-corrected chi connectivity index (χ0v) is 14.2. The molecule has 0 fully saturated rings. The third-order valence-electron chi connectivity index (χ3n) is 3.46. The lowest BCUT2D eigenvalue weighted by atomic mass is 10.2. The number of amides is 2. The third kappa shape index (κ3) is 5.02. The number of aromatic nitrogens is 1. The summed E-state index contributed by atoms with van der Waals surface area (Å²) in [6.45, 7) is 0.376. The van der Waals surface area contributed by atoms with Crippen LogP contribution in [0.4, 0.5) is 5.13 Å². The normalized spacial score (nSPS) is 10.4. The van der Waals surface area contributed by atoms with Crippen molar-refractivity contribution in [2.45, 2.75) is 19.4 Å². The highest BCUT2D eigenvalue weighted by molar-refractivity contribution is 7.14. The molecule has 0 aliphatic heterocycles. The molecule has 0 saturated carbocycles. The summed E-state index contributed by atoms with van der Waals surface area (Å²) in [5, 5.41) is 7.93. The smallest absolute Gasteiger partial charge is 0.257 e. The molecule has 7 heteroatoms. The number of thiazole rings is 1. The number of hydrogen-bond donors (Lipinski definition) is 2. The summed E-state index contributed by atoms with van der Waals surface area (Å²) in [6, 6.07) is 12.5. The summed E-state index contributed by atoms with van der Waals surface area (Å²) in [7, 11) is 0. The van der Waals surface area contributed by atoms with E-state index < -0.39 is 0 Å². The Bertz CT molecular complexity index is 828. The van der Waals surface area contributed by atoms with Crippen molar-refractivity contribution in [2.24, 2.45) is 0 Å². The van der Waals surface area contributed by atoms with E-state index in [9.17, 15) is 9.59 Å². The van der Waals surface area contributed by atoms with Gasteiger partial charge in [0.2, 0.25) is 5.91 Å². The van der Waals surface area contributed by atoms with Gasteiger partial charge in [0.05, 0.1) is 18.5 Å². The summed E-state index contributed by atoms with van der Waals surface area (Å²) in [6.07, 6.45) is 2.42. The van der Waals surface area contributed by atoms with Crippen molar-refractivity contribution >= 4 is 28.3 Å². The molecule has 0 atom stereocenters. The fraction of sp³-hybridized carbons (Fsp3) is 0.167. The zero-order chi connectivity index (χ0) is 17.5. The molecule has 0 aliphatic rings. The van der Waals surface area contributed by atoms with Crippen LogP contribution in [0.2, 0.25) is 0 Å². The number of hydrogen-bond acceptors (Lipinski definition) is 5. The number of nitrogens with zero attached hydrogens (tertiary/aromatic N) is 1. The van der Waals surface area contributed by atoms with Gasteiger partial charge in [-0.2, -0.15) is 0 Å². The topological polar surface area (TPSA) is 84.2 Å². The van der Waals surface area contributed by atoms with E-state index in [1.54, 1.807) is 24.5 Å². The molecule has 3 rings (SSSR count). The lowest BCUT2D eigenvalue weighted by Crippen LogP contribution is -2.22. The number of carbonyl (C=O) groups is 2. The molecule has 25 heavy (non-hydrogen) atoms. The van der Waals surface area contributed by atoms with Crippen molar-refractivity contribution in [2.75, 3.05) is 5.32 Å². The van der Waals surface area contributed by atoms with Gasteiger partial charge >= 0.3 is 0 Å². The number of furan rings is 1. The zero-order valence-electron chi connectivity index (χ0n) is 13.4. The van der Waals surface area contributed by atoms with Gasteiger partial charge in [-0.15, -0.1) is 11.3 Å². The molecule has 2 aromatic heterocycles. The third-order valence-corrected chi connectivity index (χ3v) is 4.26. The van der Waals surface area contributed by atoms with Gasteiger partial charge in [-0.05, 0) is 30.7 Å². The van der Waals surface area contributed by atoms with E-state index in [1.807, 2.05) is 29.6 Å². The molecular formula is C18H17N3O3S. The van der Waals surface area contributed by atoms with Crippen molar-refractivity contribution in [3.05, 3.63) is 71.1 Å². The van der Waals surface area contributed by atoms with Crippen molar-refractivity contribution in [1.29, 1.82) is 0 Å². The largest absolute Gasteiger partial charge is 0.467 e. The van der Waals surface area contributed by atoms with Gasteiger partial charge in [0.25, 0.3) is 5.91 Å². The Kier molecular flexibility index (Phi) is 5.58. The average molecular weight is 355 g/mol. The Balaban J connectivity index is 1.45. The summed E-state index contributed by atoms with van der Waals surface area (Å²) >= 11 is 1.35. The van der Waals surface area contributed by atoms with Crippen LogP contribution >= 0.6 is 11.3 Å². The maximum absolute atomic E-state index is 12.1. The standard InChI is InChI=1S/C18H17N3O3S/c22-16(19-11-15-7-4-10-24-15)9-8-14-12-25-18(20-14)21-17(23)13-5-2-1-3-6-13/h1-7,10,12H,8-9,11H2,(H,19,22)(H,20,21,23). The summed E-state index contributed by atoms with van der Waals surface area (Å²) < 4.78 is 5.16. The Morgan fingerprint density at radius 3 is 2.72 bits per heavy atom. The minimum absolute atomic E-state index is 0.0701. The van der Waals surface area contributed by atoms with E-state index in [1.165, 1.54) is 11.3 Å². The van der Waals surface area contributed by atoms with E-state index in [-0.39, 0.29) is 11.8 Å². The van der Waals surface area contributed by atoms with Crippen molar-refractivity contribution < 1.29 is 14.0 Å². The first kappa shape index (κ1) is 16.9. The first-order chi connectivity index (χ1) is 12.2. The SMILES string of the molecule is O=C(CCc1csc(NC(=O)c2ccccc2)n1)NCc1ccco1. The highest BCUT2D eigenvalue weighted by atomic mass is 32.1. The minimum atomic E-state index is -0.197. The van der Waals surface area contributed by atoms with Crippen LogP contribution in [0.3, 0.4) is 0 Å². The molecular weight excluding hydrogens is 338 g/mol. The number of nitrogens with one attached hydrogen (secondary N) is 2. The lowest BCUT2D eigenvalue weighted by molar-refractivity contribution is -0.121. The molecule has 6 nitrogen and oxygen atoms in total. The molecule has 128 valence electrons. The van der Waals surface area contributed by atoms with Crippen LogP contribution in [0.25, 0.3) is 0 Å². The van der Waals surface area contributed by atoms with Crippen LogP contribution < -0.4 is 10.6 Å². The second-order valence-electron chi connectivity index (χ2n) is 5.32. The maximum Gasteiger partial charge on any atom is 0.257 e. The van der Waals surface area contributed by atoms with E-state index in [0.717, 1.165) is 5.69 Å². The number of anilines is 1. The van der Waals surface area contributed by atoms with Gasteiger partial charge in [0.1, 0.15) is 5.76 Å². The van der Waals surface area contributed by atoms with E-state index >= 15 is 0 Å². The Morgan fingerprint density at radius 2 is 1.96 bits per heavy atom. The van der Waals surface area contributed by atoms with Crippen LogP contribution in [0.15, 0.2) is 58.5 Å². The minimum Gasteiger partial charge on any atom is -0.467 e. The Morgan fingerprint density at radius 1 is 1.12 bits per heavy atom. The molecule has 0 bridgehead atoms. The molecule has 0 radical (unpaired) electrons. The van der Waals surface area contributed by atoms with Crippen molar-refractivity contribution in [3.63, 3.8) is 0 Å². The van der Waals surface area contributed by atoms with Crippen LogP contribution in [-0.2, 0) is 17.8 Å². The molecule has 0 spiro atoms. The number of rotatable bonds is 7. The number of carbonyl (C=O) groups excluding carboxylic acids is 2. The van der Waals surface area contributed by atoms with Crippen LogP contribution in [0, 0.1) is 0 Å². The predicted octanol–water partition coefficient (Wildman–Crippen LogP) is 3.24. The Hall–Kier alpha value is -2.93. The molecule has 3 aromatic rings. The molecule has 2 heterocycles.